The van der Waals surface area contributed by atoms with Crippen molar-refractivity contribution in [2.75, 3.05) is 21.2 Å². The highest BCUT2D eigenvalue weighted by atomic mass is 16.5. The van der Waals surface area contributed by atoms with Gasteiger partial charge < -0.3 is 14.4 Å². The van der Waals surface area contributed by atoms with Crippen LogP contribution in [0.15, 0.2) is 11.3 Å². The molecule has 1 rings (SSSR count). The highest BCUT2D eigenvalue weighted by Crippen LogP contribution is 2.53. The monoisotopic (exact) mass is 283 g/mol. The van der Waals surface area contributed by atoms with Crippen LogP contribution >= 0.6 is 0 Å². The van der Waals surface area contributed by atoms with Crippen molar-refractivity contribution < 1.29 is 23.9 Å². The smallest absolute Gasteiger partial charge is 0.310 e. The number of nitrogens with zero attached hydrogens (tertiary/aromatic N) is 1. The van der Waals surface area contributed by atoms with E-state index in [0.717, 1.165) is 5.57 Å². The minimum absolute atomic E-state index is 0.170. The molecule has 6 heteroatoms. The molecule has 1 aliphatic carbocycles. The number of carbonyl (C=O) groups is 3. The number of carbonyl (C=O) groups excluding carboxylic acids is 3. The van der Waals surface area contributed by atoms with Crippen molar-refractivity contribution in [3.8, 4) is 0 Å². The van der Waals surface area contributed by atoms with Gasteiger partial charge in [0, 0.05) is 26.9 Å². The Bertz CT molecular complexity index is 462. The molecule has 0 unspecified atom stereocenters. The largest absolute Gasteiger partial charge is 0.469 e. The van der Waals surface area contributed by atoms with E-state index in [2.05, 4.69) is 0 Å². The first-order valence-electron chi connectivity index (χ1n) is 6.37. The van der Waals surface area contributed by atoms with Crippen LogP contribution in [-0.4, -0.2) is 44.0 Å². The normalized spacial score (nSPS) is 23.6. The minimum Gasteiger partial charge on any atom is -0.469 e. The van der Waals surface area contributed by atoms with E-state index in [1.807, 2.05) is 0 Å². The van der Waals surface area contributed by atoms with Crippen LogP contribution in [0.1, 0.15) is 20.8 Å². The summed E-state index contributed by atoms with van der Waals surface area (Å²) in [6.45, 7) is 4.85. The third-order valence-electron chi connectivity index (χ3n) is 3.27. The lowest BCUT2D eigenvalue weighted by Crippen LogP contribution is -2.25. The Balaban J connectivity index is 3.07. The lowest BCUT2D eigenvalue weighted by Gasteiger charge is -2.11. The van der Waals surface area contributed by atoms with Gasteiger partial charge in [0.05, 0.1) is 18.9 Å². The van der Waals surface area contributed by atoms with E-state index in [-0.39, 0.29) is 5.91 Å². The van der Waals surface area contributed by atoms with Gasteiger partial charge in [-0.15, -0.1) is 0 Å². The molecule has 0 aromatic heterocycles. The first kappa shape index (κ1) is 16.2. The molecule has 1 aliphatic rings. The molecule has 1 fully saturated rings. The van der Waals surface area contributed by atoms with Crippen LogP contribution < -0.4 is 0 Å². The molecule has 0 aromatic rings. The molecule has 0 saturated heterocycles. The molecule has 0 bridgehead atoms. The molecular formula is C14H21NO5. The molecule has 0 N–H and O–H groups in total. The molecule has 1 amide bonds. The van der Waals surface area contributed by atoms with Crippen molar-refractivity contribution in [3.63, 3.8) is 0 Å². The van der Waals surface area contributed by atoms with Crippen LogP contribution in [0.3, 0.4) is 0 Å². The van der Waals surface area contributed by atoms with E-state index in [9.17, 15) is 14.4 Å². The van der Waals surface area contributed by atoms with Crippen LogP contribution in [0.25, 0.3) is 0 Å². The number of methoxy groups -OCH3 is 1. The fourth-order valence-corrected chi connectivity index (χ4v) is 2.33. The molecule has 0 heterocycles. The van der Waals surface area contributed by atoms with Crippen LogP contribution in [0.4, 0.5) is 0 Å². The van der Waals surface area contributed by atoms with Crippen molar-refractivity contribution in [2.24, 2.45) is 17.8 Å². The van der Waals surface area contributed by atoms with Gasteiger partial charge in [-0.05, 0) is 19.4 Å². The zero-order valence-corrected chi connectivity index (χ0v) is 12.7. The highest BCUT2D eigenvalue weighted by molar-refractivity contribution is 5.92. The summed E-state index contributed by atoms with van der Waals surface area (Å²) in [5.74, 6) is -2.23. The van der Waals surface area contributed by atoms with Crippen LogP contribution in [-0.2, 0) is 23.9 Å². The molecule has 0 radical (unpaired) electrons. The fourth-order valence-electron chi connectivity index (χ4n) is 2.33. The van der Waals surface area contributed by atoms with Crippen LogP contribution in [0, 0.1) is 17.8 Å². The highest BCUT2D eigenvalue weighted by Gasteiger charge is 2.63. The summed E-state index contributed by atoms with van der Waals surface area (Å²) < 4.78 is 9.91. The topological polar surface area (TPSA) is 72.9 Å². The number of hydrogen-bond acceptors (Lipinski definition) is 5. The summed E-state index contributed by atoms with van der Waals surface area (Å²) in [4.78, 5) is 36.5. The third kappa shape index (κ3) is 3.18. The van der Waals surface area contributed by atoms with E-state index >= 15 is 0 Å². The van der Waals surface area contributed by atoms with Gasteiger partial charge in [-0.1, -0.05) is 0 Å². The molecule has 3 atom stereocenters. The Morgan fingerprint density at radius 3 is 1.85 bits per heavy atom. The number of rotatable bonds is 4. The van der Waals surface area contributed by atoms with E-state index < -0.39 is 29.7 Å². The Kier molecular flexibility index (Phi) is 4.92. The summed E-state index contributed by atoms with van der Waals surface area (Å²) in [7, 11) is 4.53. The summed E-state index contributed by atoms with van der Waals surface area (Å²) in [5.41, 5.74) is 0.771. The standard InChI is InChI=1S/C14H21NO5/c1-7(2)12(20-8(3)16)9-10(13(17)15(4)5)11(9)14(18)19-6/h9-11H,1-6H3/t9-,10+,11+/m1/s1. The zero-order chi connectivity index (χ0) is 15.6. The predicted octanol–water partition coefficient (Wildman–Crippen LogP) is 0.967. The summed E-state index contributed by atoms with van der Waals surface area (Å²) >= 11 is 0. The fraction of sp³-hybridized carbons (Fsp3) is 0.643. The molecule has 0 aromatic carbocycles. The van der Waals surface area contributed by atoms with Gasteiger partial charge in [-0.3, -0.25) is 14.4 Å². The van der Waals surface area contributed by atoms with E-state index in [1.54, 1.807) is 27.9 Å². The van der Waals surface area contributed by atoms with Gasteiger partial charge in [0.25, 0.3) is 0 Å². The third-order valence-corrected chi connectivity index (χ3v) is 3.27. The average Bonchev–Trinajstić information content (AvgIpc) is 3.08. The maximum Gasteiger partial charge on any atom is 0.310 e. The van der Waals surface area contributed by atoms with Crippen molar-refractivity contribution in [1.29, 1.82) is 0 Å². The molecule has 6 nitrogen and oxygen atoms in total. The number of esters is 2. The Morgan fingerprint density at radius 1 is 0.950 bits per heavy atom. The maximum absolute atomic E-state index is 12.1. The van der Waals surface area contributed by atoms with E-state index in [4.69, 9.17) is 9.47 Å². The van der Waals surface area contributed by atoms with Gasteiger partial charge in [-0.25, -0.2) is 0 Å². The van der Waals surface area contributed by atoms with Crippen molar-refractivity contribution in [3.05, 3.63) is 11.3 Å². The van der Waals surface area contributed by atoms with E-state index in [0.29, 0.717) is 5.76 Å². The predicted molar refractivity (Wildman–Crippen MR) is 71.3 cm³/mol. The SMILES string of the molecule is COC(=O)[C@@H]1[C@@H](C(=O)N(C)C)[C@H]1C(OC(C)=O)=C(C)C. The molecule has 0 aliphatic heterocycles. The Labute approximate surface area is 118 Å². The number of hydrogen-bond donors (Lipinski definition) is 0. The van der Waals surface area contributed by atoms with Gasteiger partial charge in [0.2, 0.25) is 5.91 Å². The van der Waals surface area contributed by atoms with Crippen molar-refractivity contribution in [2.45, 2.75) is 20.8 Å². The number of allylic oxidation sites excluding steroid dienone is 2. The molecule has 0 spiro atoms. The van der Waals surface area contributed by atoms with E-state index in [1.165, 1.54) is 18.9 Å². The second kappa shape index (κ2) is 6.07. The molecular weight excluding hydrogens is 262 g/mol. The second-order valence-corrected chi connectivity index (χ2v) is 5.29. The quantitative estimate of drug-likeness (QED) is 0.568. The average molecular weight is 283 g/mol. The van der Waals surface area contributed by atoms with Gasteiger partial charge in [0.1, 0.15) is 5.76 Å². The van der Waals surface area contributed by atoms with Gasteiger partial charge in [0.15, 0.2) is 0 Å². The second-order valence-electron chi connectivity index (χ2n) is 5.29. The molecule has 1 saturated carbocycles. The minimum atomic E-state index is -0.584. The lowest BCUT2D eigenvalue weighted by molar-refractivity contribution is -0.144. The van der Waals surface area contributed by atoms with Gasteiger partial charge in [-0.2, -0.15) is 0 Å². The summed E-state index contributed by atoms with van der Waals surface area (Å²) in [5, 5.41) is 0. The lowest BCUT2D eigenvalue weighted by atomic mass is 10.1. The van der Waals surface area contributed by atoms with Crippen molar-refractivity contribution in [1.82, 2.24) is 4.90 Å². The first-order valence-corrected chi connectivity index (χ1v) is 6.37. The zero-order valence-electron chi connectivity index (χ0n) is 12.7. The Morgan fingerprint density at radius 2 is 1.50 bits per heavy atom. The first-order chi connectivity index (χ1) is 9.22. The molecule has 20 heavy (non-hydrogen) atoms. The molecule has 112 valence electrons. The van der Waals surface area contributed by atoms with Crippen molar-refractivity contribution >= 4 is 17.8 Å². The number of ether oxygens (including phenoxy) is 2. The van der Waals surface area contributed by atoms with Crippen LogP contribution in [0.2, 0.25) is 0 Å². The Hall–Kier alpha value is -1.85. The summed E-state index contributed by atoms with van der Waals surface area (Å²) in [6, 6.07) is 0. The maximum atomic E-state index is 12.1. The summed E-state index contributed by atoms with van der Waals surface area (Å²) in [6.07, 6.45) is 0. The number of amides is 1. The van der Waals surface area contributed by atoms with Gasteiger partial charge >= 0.3 is 11.9 Å². The van der Waals surface area contributed by atoms with Crippen LogP contribution in [0.5, 0.6) is 0 Å².